The minimum absolute atomic E-state index is 0.0388. The van der Waals surface area contributed by atoms with Crippen LogP contribution in [-0.2, 0) is 38.8 Å². The van der Waals surface area contributed by atoms with Crippen molar-refractivity contribution in [2.45, 2.75) is 32.7 Å². The van der Waals surface area contributed by atoms with Gasteiger partial charge in [-0.3, -0.25) is 14.4 Å². The monoisotopic (exact) mass is 390 g/mol. The third-order valence-corrected chi connectivity index (χ3v) is 4.09. The van der Waals surface area contributed by atoms with E-state index >= 15 is 0 Å². The number of carboxylic acid groups (broad SMARTS) is 1. The van der Waals surface area contributed by atoms with Crippen LogP contribution < -0.4 is 0 Å². The van der Waals surface area contributed by atoms with Crippen molar-refractivity contribution in [3.63, 3.8) is 0 Å². The average Bonchev–Trinajstić information content (AvgIpc) is 3.12. The normalized spacial score (nSPS) is 16.6. The second-order valence-corrected chi connectivity index (χ2v) is 6.02. The van der Waals surface area contributed by atoms with Crippen molar-refractivity contribution in [1.82, 2.24) is 19.9 Å². The lowest BCUT2D eigenvalue weighted by atomic mass is 10.1. The standard InChI is InChI=1S/C17H20N4O4.CH2O2/c1-12-17(23)20(8-13-6-4-3-5-7-13)10-16(22)21(12)9-15-18-14(11-24-2)19-25-15;2-1-3/h3-7,12H,8-11H2,1-2H3;1H,(H,2,3)/t12-;/m1./s1. The molecule has 1 aliphatic rings. The number of aromatic nitrogens is 2. The number of piperazine rings is 1. The van der Waals surface area contributed by atoms with Crippen LogP contribution in [0, 0.1) is 0 Å². The van der Waals surface area contributed by atoms with E-state index < -0.39 is 6.04 Å². The summed E-state index contributed by atoms with van der Waals surface area (Å²) in [7, 11) is 1.53. The Morgan fingerprint density at radius 3 is 2.61 bits per heavy atom. The first kappa shape index (κ1) is 21.0. The maximum absolute atomic E-state index is 12.6. The first-order valence-corrected chi connectivity index (χ1v) is 8.50. The second kappa shape index (κ2) is 10.2. The van der Waals surface area contributed by atoms with Gasteiger partial charge >= 0.3 is 0 Å². The molecule has 1 fully saturated rings. The number of hydrogen-bond donors (Lipinski definition) is 1. The highest BCUT2D eigenvalue weighted by Crippen LogP contribution is 2.18. The molecule has 0 saturated carbocycles. The molecule has 0 bridgehead atoms. The van der Waals surface area contributed by atoms with Gasteiger partial charge in [0.1, 0.15) is 25.7 Å². The molecule has 2 aromatic rings. The summed E-state index contributed by atoms with van der Waals surface area (Å²) >= 11 is 0. The number of methoxy groups -OCH3 is 1. The van der Waals surface area contributed by atoms with E-state index in [1.54, 1.807) is 11.8 Å². The highest BCUT2D eigenvalue weighted by atomic mass is 16.5. The first-order valence-electron chi connectivity index (χ1n) is 8.50. The Morgan fingerprint density at radius 1 is 1.29 bits per heavy atom. The highest BCUT2D eigenvalue weighted by molar-refractivity contribution is 5.94. The van der Waals surface area contributed by atoms with Crippen LogP contribution in [0.1, 0.15) is 24.2 Å². The van der Waals surface area contributed by atoms with Gasteiger partial charge in [0.25, 0.3) is 6.47 Å². The number of nitrogens with zero attached hydrogens (tertiary/aromatic N) is 4. The van der Waals surface area contributed by atoms with Gasteiger partial charge < -0.3 is 24.2 Å². The number of carbonyl (C=O) groups excluding carboxylic acids is 2. The van der Waals surface area contributed by atoms with Gasteiger partial charge in [-0.1, -0.05) is 35.5 Å². The molecule has 150 valence electrons. The fourth-order valence-corrected chi connectivity index (χ4v) is 2.80. The minimum atomic E-state index is -0.581. The molecule has 0 aliphatic carbocycles. The van der Waals surface area contributed by atoms with Crippen molar-refractivity contribution < 1.29 is 28.8 Å². The Bertz CT molecular complexity index is 794. The van der Waals surface area contributed by atoms with Gasteiger partial charge in [-0.05, 0) is 12.5 Å². The molecular weight excluding hydrogens is 368 g/mol. The van der Waals surface area contributed by atoms with E-state index in [2.05, 4.69) is 10.1 Å². The minimum Gasteiger partial charge on any atom is -0.483 e. The Kier molecular flexibility index (Phi) is 7.64. The molecule has 1 aromatic heterocycles. The molecule has 1 N–H and O–H groups in total. The maximum Gasteiger partial charge on any atom is 0.290 e. The Labute approximate surface area is 161 Å². The average molecular weight is 390 g/mol. The summed E-state index contributed by atoms with van der Waals surface area (Å²) in [6.07, 6.45) is 0. The number of rotatable bonds is 6. The number of hydrogen-bond acceptors (Lipinski definition) is 7. The summed E-state index contributed by atoms with van der Waals surface area (Å²) < 4.78 is 10.0. The van der Waals surface area contributed by atoms with Crippen LogP contribution in [0.25, 0.3) is 0 Å². The predicted molar refractivity (Wildman–Crippen MR) is 95.6 cm³/mol. The molecule has 10 heteroatoms. The van der Waals surface area contributed by atoms with E-state index in [4.69, 9.17) is 19.2 Å². The molecular formula is C18H22N4O6. The summed E-state index contributed by atoms with van der Waals surface area (Å²) in [5.41, 5.74) is 0.991. The molecule has 0 radical (unpaired) electrons. The number of benzene rings is 1. The summed E-state index contributed by atoms with van der Waals surface area (Å²) in [6, 6.07) is 9.03. The fraction of sp³-hybridized carbons (Fsp3) is 0.389. The number of ether oxygens (including phenoxy) is 1. The molecule has 2 amide bonds. The van der Waals surface area contributed by atoms with Crippen LogP contribution >= 0.6 is 0 Å². The lowest BCUT2D eigenvalue weighted by Crippen LogP contribution is -2.58. The molecule has 2 heterocycles. The second-order valence-electron chi connectivity index (χ2n) is 6.02. The van der Waals surface area contributed by atoms with Crippen molar-refractivity contribution in [2.75, 3.05) is 13.7 Å². The van der Waals surface area contributed by atoms with E-state index in [1.165, 1.54) is 12.0 Å². The Balaban J connectivity index is 0.000000878. The van der Waals surface area contributed by atoms with Crippen LogP contribution in [0.5, 0.6) is 0 Å². The molecule has 0 spiro atoms. The molecule has 1 aromatic carbocycles. The smallest absolute Gasteiger partial charge is 0.290 e. The number of carbonyl (C=O) groups is 3. The zero-order valence-electron chi connectivity index (χ0n) is 15.6. The summed E-state index contributed by atoms with van der Waals surface area (Å²) in [6.45, 7) is 2.27. The van der Waals surface area contributed by atoms with E-state index in [0.29, 0.717) is 12.4 Å². The van der Waals surface area contributed by atoms with Gasteiger partial charge in [0, 0.05) is 13.7 Å². The largest absolute Gasteiger partial charge is 0.483 e. The van der Waals surface area contributed by atoms with Crippen molar-refractivity contribution in [3.05, 3.63) is 47.6 Å². The van der Waals surface area contributed by atoms with Crippen LogP contribution in [0.3, 0.4) is 0 Å². The van der Waals surface area contributed by atoms with Crippen LogP contribution in [0.4, 0.5) is 0 Å². The molecule has 1 aliphatic heterocycles. The zero-order valence-corrected chi connectivity index (χ0v) is 15.6. The maximum atomic E-state index is 12.6. The molecule has 28 heavy (non-hydrogen) atoms. The lowest BCUT2D eigenvalue weighted by molar-refractivity contribution is -0.156. The molecule has 0 unspecified atom stereocenters. The number of amides is 2. The van der Waals surface area contributed by atoms with E-state index in [0.717, 1.165) is 5.56 Å². The first-order chi connectivity index (χ1) is 13.5. The van der Waals surface area contributed by atoms with Crippen LogP contribution in [0.2, 0.25) is 0 Å². The van der Waals surface area contributed by atoms with Gasteiger partial charge in [0.15, 0.2) is 5.82 Å². The SMILES string of the molecule is COCc1noc(CN2C(=O)CN(Cc3ccccc3)C(=O)[C@H]2C)n1.O=CO. The van der Waals surface area contributed by atoms with Crippen LogP contribution in [0.15, 0.2) is 34.9 Å². The van der Waals surface area contributed by atoms with Gasteiger partial charge in [0.05, 0.1) is 0 Å². The topological polar surface area (TPSA) is 126 Å². The van der Waals surface area contributed by atoms with E-state index in [1.807, 2.05) is 30.3 Å². The van der Waals surface area contributed by atoms with E-state index in [-0.39, 0.29) is 43.9 Å². The predicted octanol–water partition coefficient (Wildman–Crippen LogP) is 0.676. The fourth-order valence-electron chi connectivity index (χ4n) is 2.80. The summed E-state index contributed by atoms with van der Waals surface area (Å²) in [5.74, 6) is 0.456. The molecule has 1 atom stereocenters. The highest BCUT2D eigenvalue weighted by Gasteiger charge is 2.37. The summed E-state index contributed by atoms with van der Waals surface area (Å²) in [5, 5.41) is 10.7. The molecule has 3 rings (SSSR count). The lowest BCUT2D eigenvalue weighted by Gasteiger charge is -2.38. The zero-order chi connectivity index (χ0) is 20.5. The van der Waals surface area contributed by atoms with Gasteiger partial charge in [-0.15, -0.1) is 0 Å². The van der Waals surface area contributed by atoms with E-state index in [9.17, 15) is 9.59 Å². The molecule has 10 nitrogen and oxygen atoms in total. The third kappa shape index (κ3) is 5.36. The quantitative estimate of drug-likeness (QED) is 0.714. The van der Waals surface area contributed by atoms with Crippen molar-refractivity contribution in [3.8, 4) is 0 Å². The van der Waals surface area contributed by atoms with Gasteiger partial charge in [0.2, 0.25) is 17.7 Å². The van der Waals surface area contributed by atoms with Crippen molar-refractivity contribution in [2.24, 2.45) is 0 Å². The molecule has 1 saturated heterocycles. The van der Waals surface area contributed by atoms with Gasteiger partial charge in [-0.25, -0.2) is 0 Å². The third-order valence-electron chi connectivity index (χ3n) is 4.09. The van der Waals surface area contributed by atoms with Crippen molar-refractivity contribution in [1.29, 1.82) is 0 Å². The Morgan fingerprint density at radius 2 is 1.96 bits per heavy atom. The summed E-state index contributed by atoms with van der Waals surface area (Å²) in [4.78, 5) is 40.7. The van der Waals surface area contributed by atoms with Crippen LogP contribution in [-0.4, -0.2) is 63.0 Å². The van der Waals surface area contributed by atoms with Gasteiger partial charge in [-0.2, -0.15) is 4.98 Å². The van der Waals surface area contributed by atoms with Crippen molar-refractivity contribution >= 4 is 18.3 Å². The Hall–Kier alpha value is -3.27.